The number of carboxylic acid groups (broad SMARTS) is 1. The standard InChI is InChI=1S/C13H18FNO4S/c1-13(2,3)8-15(4)20(18,19)11-7-9(14)5-6-10(11)12(16)17/h5-7H,8H2,1-4H3,(H,16,17). The van der Waals surface area contributed by atoms with Crippen LogP contribution in [0.1, 0.15) is 31.1 Å². The van der Waals surface area contributed by atoms with Crippen molar-refractivity contribution in [2.75, 3.05) is 13.6 Å². The smallest absolute Gasteiger partial charge is 0.337 e. The monoisotopic (exact) mass is 303 g/mol. The van der Waals surface area contributed by atoms with E-state index < -0.39 is 32.3 Å². The molecule has 112 valence electrons. The Bertz CT molecular complexity index is 620. The van der Waals surface area contributed by atoms with Gasteiger partial charge in [-0.05, 0) is 23.6 Å². The van der Waals surface area contributed by atoms with E-state index >= 15 is 0 Å². The number of hydrogen-bond donors (Lipinski definition) is 1. The summed E-state index contributed by atoms with van der Waals surface area (Å²) in [5, 5.41) is 9.03. The van der Waals surface area contributed by atoms with Crippen LogP contribution in [0.5, 0.6) is 0 Å². The summed E-state index contributed by atoms with van der Waals surface area (Å²) in [6.07, 6.45) is 0. The number of carboxylic acids is 1. The van der Waals surface area contributed by atoms with Gasteiger partial charge in [0, 0.05) is 13.6 Å². The SMILES string of the molecule is CN(CC(C)(C)C)S(=O)(=O)c1cc(F)ccc1C(=O)O. The van der Waals surface area contributed by atoms with Gasteiger partial charge in [-0.1, -0.05) is 20.8 Å². The Hall–Kier alpha value is -1.47. The first kappa shape index (κ1) is 16.6. The van der Waals surface area contributed by atoms with Crippen LogP contribution in [0, 0.1) is 11.2 Å². The number of hydrogen-bond acceptors (Lipinski definition) is 3. The van der Waals surface area contributed by atoms with Crippen molar-refractivity contribution in [3.8, 4) is 0 Å². The van der Waals surface area contributed by atoms with E-state index in [1.807, 2.05) is 20.8 Å². The fourth-order valence-corrected chi connectivity index (χ4v) is 3.39. The largest absolute Gasteiger partial charge is 0.478 e. The first-order valence-electron chi connectivity index (χ1n) is 5.94. The molecule has 0 unspecified atom stereocenters. The van der Waals surface area contributed by atoms with Crippen molar-refractivity contribution in [3.05, 3.63) is 29.6 Å². The summed E-state index contributed by atoms with van der Waals surface area (Å²) >= 11 is 0. The van der Waals surface area contributed by atoms with Gasteiger partial charge in [0.25, 0.3) is 0 Å². The number of aromatic carboxylic acids is 1. The summed E-state index contributed by atoms with van der Waals surface area (Å²) in [6, 6.07) is 2.61. The van der Waals surface area contributed by atoms with Gasteiger partial charge < -0.3 is 5.11 Å². The highest BCUT2D eigenvalue weighted by Crippen LogP contribution is 2.24. The van der Waals surface area contributed by atoms with Crippen LogP contribution >= 0.6 is 0 Å². The van der Waals surface area contributed by atoms with Crippen molar-refractivity contribution in [3.63, 3.8) is 0 Å². The topological polar surface area (TPSA) is 74.7 Å². The third kappa shape index (κ3) is 3.77. The predicted octanol–water partition coefficient (Wildman–Crippen LogP) is 2.19. The van der Waals surface area contributed by atoms with Crippen molar-refractivity contribution in [1.29, 1.82) is 0 Å². The highest BCUT2D eigenvalue weighted by atomic mass is 32.2. The van der Waals surface area contributed by atoms with Gasteiger partial charge in [-0.25, -0.2) is 21.9 Å². The molecule has 0 aliphatic rings. The predicted molar refractivity (Wildman–Crippen MR) is 72.6 cm³/mol. The number of benzene rings is 1. The van der Waals surface area contributed by atoms with Crippen molar-refractivity contribution in [2.45, 2.75) is 25.7 Å². The third-order valence-corrected chi connectivity index (χ3v) is 4.40. The van der Waals surface area contributed by atoms with Crippen LogP contribution in [0.4, 0.5) is 4.39 Å². The lowest BCUT2D eigenvalue weighted by molar-refractivity contribution is 0.0692. The molecule has 0 bridgehead atoms. The average Bonchev–Trinajstić information content (AvgIpc) is 2.25. The van der Waals surface area contributed by atoms with Gasteiger partial charge in [-0.2, -0.15) is 0 Å². The molecule has 5 nitrogen and oxygen atoms in total. The Labute approximate surface area is 118 Å². The zero-order chi connectivity index (χ0) is 15.7. The van der Waals surface area contributed by atoms with Gasteiger partial charge in [-0.3, -0.25) is 0 Å². The summed E-state index contributed by atoms with van der Waals surface area (Å²) < 4.78 is 39.1. The highest BCUT2D eigenvalue weighted by Gasteiger charge is 2.29. The second-order valence-electron chi connectivity index (χ2n) is 5.77. The number of rotatable bonds is 4. The van der Waals surface area contributed by atoms with Crippen molar-refractivity contribution >= 4 is 16.0 Å². The van der Waals surface area contributed by atoms with E-state index in [2.05, 4.69) is 0 Å². The van der Waals surface area contributed by atoms with Crippen molar-refractivity contribution < 1.29 is 22.7 Å². The number of halogens is 1. The quantitative estimate of drug-likeness (QED) is 0.925. The van der Waals surface area contributed by atoms with Crippen LogP contribution in [0.2, 0.25) is 0 Å². The fraction of sp³-hybridized carbons (Fsp3) is 0.462. The van der Waals surface area contributed by atoms with Crippen LogP contribution in [0.15, 0.2) is 23.1 Å². The molecular formula is C13H18FNO4S. The molecule has 0 saturated carbocycles. The van der Waals surface area contributed by atoms with Gasteiger partial charge in [0.15, 0.2) is 0 Å². The lowest BCUT2D eigenvalue weighted by atomic mass is 9.97. The summed E-state index contributed by atoms with van der Waals surface area (Å²) in [5.74, 6) is -2.20. The Morgan fingerprint density at radius 3 is 2.35 bits per heavy atom. The Morgan fingerprint density at radius 1 is 1.35 bits per heavy atom. The van der Waals surface area contributed by atoms with E-state index in [4.69, 9.17) is 5.11 Å². The van der Waals surface area contributed by atoms with Crippen LogP contribution in [-0.4, -0.2) is 37.4 Å². The zero-order valence-electron chi connectivity index (χ0n) is 11.8. The molecule has 20 heavy (non-hydrogen) atoms. The average molecular weight is 303 g/mol. The zero-order valence-corrected chi connectivity index (χ0v) is 12.7. The molecule has 1 aromatic carbocycles. The minimum Gasteiger partial charge on any atom is -0.478 e. The van der Waals surface area contributed by atoms with E-state index in [-0.39, 0.29) is 12.0 Å². The fourth-order valence-electron chi connectivity index (χ4n) is 1.81. The van der Waals surface area contributed by atoms with E-state index in [0.717, 1.165) is 22.5 Å². The summed E-state index contributed by atoms with van der Waals surface area (Å²) in [5.41, 5.74) is -0.745. The summed E-state index contributed by atoms with van der Waals surface area (Å²) in [6.45, 7) is 5.74. The maximum atomic E-state index is 13.3. The molecule has 0 aromatic heterocycles. The van der Waals surface area contributed by atoms with Crippen LogP contribution in [0.25, 0.3) is 0 Å². The first-order chi connectivity index (χ1) is 8.95. The van der Waals surface area contributed by atoms with E-state index in [0.29, 0.717) is 0 Å². The molecule has 1 aromatic rings. The highest BCUT2D eigenvalue weighted by molar-refractivity contribution is 7.89. The second kappa shape index (κ2) is 5.49. The normalized spacial score (nSPS) is 12.7. The molecule has 0 spiro atoms. The van der Waals surface area contributed by atoms with Crippen molar-refractivity contribution in [2.24, 2.45) is 5.41 Å². The molecule has 0 heterocycles. The van der Waals surface area contributed by atoms with E-state index in [1.165, 1.54) is 7.05 Å². The molecule has 0 amide bonds. The number of nitrogens with zero attached hydrogens (tertiary/aromatic N) is 1. The minimum atomic E-state index is -4.06. The number of sulfonamides is 1. The van der Waals surface area contributed by atoms with Gasteiger partial charge in [-0.15, -0.1) is 0 Å². The van der Waals surface area contributed by atoms with Crippen LogP contribution in [0.3, 0.4) is 0 Å². The summed E-state index contributed by atoms with van der Waals surface area (Å²) in [7, 11) is -2.71. The Kier molecular flexibility index (Phi) is 4.55. The minimum absolute atomic E-state index is 0.185. The third-order valence-electron chi connectivity index (χ3n) is 2.56. The van der Waals surface area contributed by atoms with Crippen molar-refractivity contribution in [1.82, 2.24) is 4.31 Å². The Morgan fingerprint density at radius 2 is 1.90 bits per heavy atom. The molecule has 0 atom stereocenters. The molecule has 0 saturated heterocycles. The maximum absolute atomic E-state index is 13.3. The molecule has 1 N–H and O–H groups in total. The van der Waals surface area contributed by atoms with Gasteiger partial charge in [0.2, 0.25) is 10.0 Å². The van der Waals surface area contributed by atoms with Gasteiger partial charge in [0.05, 0.1) is 10.5 Å². The van der Waals surface area contributed by atoms with E-state index in [1.54, 1.807) is 0 Å². The van der Waals surface area contributed by atoms with Gasteiger partial charge >= 0.3 is 5.97 Å². The second-order valence-corrected chi connectivity index (χ2v) is 7.78. The van der Waals surface area contributed by atoms with Crippen LogP contribution in [-0.2, 0) is 10.0 Å². The molecule has 0 aliphatic heterocycles. The molecule has 0 fully saturated rings. The molecule has 0 aliphatic carbocycles. The lowest BCUT2D eigenvalue weighted by Crippen LogP contribution is -2.35. The maximum Gasteiger partial charge on any atom is 0.337 e. The molecule has 1 rings (SSSR count). The molecule has 7 heteroatoms. The summed E-state index contributed by atoms with van der Waals surface area (Å²) in [4.78, 5) is 10.6. The molecule has 0 radical (unpaired) electrons. The number of carbonyl (C=O) groups is 1. The van der Waals surface area contributed by atoms with E-state index in [9.17, 15) is 17.6 Å². The molecular weight excluding hydrogens is 285 g/mol. The lowest BCUT2D eigenvalue weighted by Gasteiger charge is -2.26. The first-order valence-corrected chi connectivity index (χ1v) is 7.38. The Balaban J connectivity index is 3.35. The van der Waals surface area contributed by atoms with Gasteiger partial charge in [0.1, 0.15) is 5.82 Å². The van der Waals surface area contributed by atoms with Crippen LogP contribution < -0.4 is 0 Å².